The molecule has 1 fully saturated rings. The largest absolute Gasteiger partial charge is 0.368 e. The second-order valence-corrected chi connectivity index (χ2v) is 6.62. The molecule has 0 unspecified atom stereocenters. The molecule has 132 valence electrons. The second kappa shape index (κ2) is 7.04. The van der Waals surface area contributed by atoms with Gasteiger partial charge in [0.25, 0.3) is 5.91 Å². The summed E-state index contributed by atoms with van der Waals surface area (Å²) in [7, 11) is 0. The number of rotatable bonds is 3. The smallest absolute Gasteiger partial charge is 0.274 e. The number of anilines is 1. The number of imidazole rings is 1. The van der Waals surface area contributed by atoms with Crippen LogP contribution in [0.5, 0.6) is 0 Å². The van der Waals surface area contributed by atoms with Crippen LogP contribution in [0.1, 0.15) is 16.1 Å². The third kappa shape index (κ3) is 3.33. The number of hydrogen-bond donors (Lipinski definition) is 0. The third-order valence-electron chi connectivity index (χ3n) is 4.82. The first kappa shape index (κ1) is 16.4. The highest BCUT2D eigenvalue weighted by Crippen LogP contribution is 2.17. The number of benzene rings is 2. The van der Waals surface area contributed by atoms with Gasteiger partial charge in [-0.3, -0.25) is 4.79 Å². The molecule has 0 radical (unpaired) electrons. The molecule has 5 nitrogen and oxygen atoms in total. The molecule has 3 aromatic rings. The first-order valence-electron chi connectivity index (χ1n) is 8.91. The van der Waals surface area contributed by atoms with E-state index >= 15 is 0 Å². The van der Waals surface area contributed by atoms with Crippen molar-refractivity contribution in [3.8, 4) is 5.69 Å². The Bertz CT molecular complexity index is 878. The Labute approximate surface area is 153 Å². The van der Waals surface area contributed by atoms with Gasteiger partial charge in [0, 0.05) is 43.8 Å². The van der Waals surface area contributed by atoms with Crippen LogP contribution in [0.3, 0.4) is 0 Å². The van der Waals surface area contributed by atoms with E-state index in [0.717, 1.165) is 18.8 Å². The van der Waals surface area contributed by atoms with Crippen molar-refractivity contribution in [1.29, 1.82) is 0 Å². The zero-order valence-corrected chi connectivity index (χ0v) is 14.9. The number of piperazine rings is 1. The highest BCUT2D eigenvalue weighted by molar-refractivity contribution is 5.92. The van der Waals surface area contributed by atoms with Gasteiger partial charge in [-0.25, -0.2) is 4.98 Å². The summed E-state index contributed by atoms with van der Waals surface area (Å²) in [5, 5.41) is 0. The van der Waals surface area contributed by atoms with Gasteiger partial charge < -0.3 is 14.4 Å². The maximum Gasteiger partial charge on any atom is 0.274 e. The average Bonchev–Trinajstić information content (AvgIpc) is 3.19. The molecule has 1 saturated heterocycles. The fraction of sp³-hybridized carbons (Fsp3) is 0.238. The van der Waals surface area contributed by atoms with Crippen LogP contribution in [0.4, 0.5) is 5.69 Å². The van der Waals surface area contributed by atoms with E-state index < -0.39 is 0 Å². The number of aryl methyl sites for hydroxylation is 1. The maximum absolute atomic E-state index is 12.8. The highest BCUT2D eigenvalue weighted by Gasteiger charge is 2.23. The maximum atomic E-state index is 12.8. The summed E-state index contributed by atoms with van der Waals surface area (Å²) in [6.07, 6.45) is 3.52. The lowest BCUT2D eigenvalue weighted by molar-refractivity contribution is 0.0741. The minimum Gasteiger partial charge on any atom is -0.368 e. The van der Waals surface area contributed by atoms with Gasteiger partial charge in [-0.1, -0.05) is 35.9 Å². The van der Waals surface area contributed by atoms with E-state index in [4.69, 9.17) is 0 Å². The molecule has 26 heavy (non-hydrogen) atoms. The Morgan fingerprint density at radius 2 is 1.58 bits per heavy atom. The summed E-state index contributed by atoms with van der Waals surface area (Å²) < 4.78 is 1.90. The molecule has 1 aromatic heterocycles. The summed E-state index contributed by atoms with van der Waals surface area (Å²) >= 11 is 0. The van der Waals surface area contributed by atoms with Gasteiger partial charge in [0.2, 0.25) is 0 Å². The molecule has 0 bridgehead atoms. The predicted molar refractivity (Wildman–Crippen MR) is 103 cm³/mol. The van der Waals surface area contributed by atoms with E-state index in [2.05, 4.69) is 41.1 Å². The van der Waals surface area contributed by atoms with Crippen molar-refractivity contribution in [3.05, 3.63) is 78.4 Å². The van der Waals surface area contributed by atoms with Crippen LogP contribution >= 0.6 is 0 Å². The van der Waals surface area contributed by atoms with Gasteiger partial charge in [-0.15, -0.1) is 0 Å². The van der Waals surface area contributed by atoms with Crippen molar-refractivity contribution in [2.75, 3.05) is 31.1 Å². The molecule has 2 heterocycles. The lowest BCUT2D eigenvalue weighted by Gasteiger charge is -2.35. The fourth-order valence-corrected chi connectivity index (χ4v) is 3.26. The monoisotopic (exact) mass is 346 g/mol. The number of para-hydroxylation sites is 1. The van der Waals surface area contributed by atoms with Gasteiger partial charge in [0.15, 0.2) is 0 Å². The van der Waals surface area contributed by atoms with Crippen molar-refractivity contribution in [1.82, 2.24) is 14.5 Å². The molecule has 0 spiro atoms. The molecule has 4 rings (SSSR count). The van der Waals surface area contributed by atoms with Crippen LogP contribution in [0.25, 0.3) is 5.69 Å². The van der Waals surface area contributed by atoms with Crippen molar-refractivity contribution in [3.63, 3.8) is 0 Å². The molecular weight excluding hydrogens is 324 g/mol. The van der Waals surface area contributed by atoms with Crippen LogP contribution in [0.15, 0.2) is 67.1 Å². The van der Waals surface area contributed by atoms with E-state index in [1.807, 2.05) is 46.0 Å². The van der Waals surface area contributed by atoms with E-state index in [1.54, 1.807) is 6.33 Å². The number of aromatic nitrogens is 2. The van der Waals surface area contributed by atoms with Crippen LogP contribution in [-0.4, -0.2) is 46.5 Å². The van der Waals surface area contributed by atoms with Crippen LogP contribution in [0.2, 0.25) is 0 Å². The normalized spacial score (nSPS) is 14.5. The molecule has 0 N–H and O–H groups in total. The molecule has 0 saturated carbocycles. The summed E-state index contributed by atoms with van der Waals surface area (Å²) in [4.78, 5) is 21.3. The summed E-state index contributed by atoms with van der Waals surface area (Å²) in [6.45, 7) is 5.17. The number of hydrogen-bond acceptors (Lipinski definition) is 3. The van der Waals surface area contributed by atoms with E-state index in [9.17, 15) is 4.79 Å². The van der Waals surface area contributed by atoms with E-state index in [-0.39, 0.29) is 5.91 Å². The minimum atomic E-state index is 0.00331. The molecule has 1 aliphatic rings. The lowest BCUT2D eigenvalue weighted by Crippen LogP contribution is -2.48. The van der Waals surface area contributed by atoms with E-state index in [1.165, 1.54) is 11.3 Å². The Hall–Kier alpha value is -3.08. The molecular formula is C21H22N4O. The minimum absolute atomic E-state index is 0.00331. The molecule has 5 heteroatoms. The summed E-state index contributed by atoms with van der Waals surface area (Å²) in [5.74, 6) is 0.00331. The third-order valence-corrected chi connectivity index (χ3v) is 4.82. The Morgan fingerprint density at radius 1 is 0.885 bits per heavy atom. The Kier molecular flexibility index (Phi) is 4.44. The number of nitrogens with zero attached hydrogens (tertiary/aromatic N) is 4. The number of carbonyl (C=O) groups is 1. The number of amides is 1. The molecule has 0 atom stereocenters. The average molecular weight is 346 g/mol. The topological polar surface area (TPSA) is 41.4 Å². The van der Waals surface area contributed by atoms with E-state index in [0.29, 0.717) is 18.8 Å². The van der Waals surface area contributed by atoms with Gasteiger partial charge in [0.05, 0.1) is 0 Å². The summed E-state index contributed by atoms with van der Waals surface area (Å²) in [5.41, 5.74) is 3.93. The van der Waals surface area contributed by atoms with Crippen LogP contribution < -0.4 is 4.90 Å². The molecule has 0 aliphatic carbocycles. The SMILES string of the molecule is Cc1ccc(-n2cnc(C(=O)N3CCN(c4ccccc4)CC3)c2)cc1. The zero-order chi connectivity index (χ0) is 17.9. The zero-order valence-electron chi connectivity index (χ0n) is 14.9. The van der Waals surface area contributed by atoms with Gasteiger partial charge >= 0.3 is 0 Å². The predicted octanol–water partition coefficient (Wildman–Crippen LogP) is 3.14. The van der Waals surface area contributed by atoms with Gasteiger partial charge in [0.1, 0.15) is 12.0 Å². The van der Waals surface area contributed by atoms with Gasteiger partial charge in [-0.05, 0) is 31.2 Å². The summed E-state index contributed by atoms with van der Waals surface area (Å²) in [6, 6.07) is 18.5. The lowest BCUT2D eigenvalue weighted by atomic mass is 10.2. The Morgan fingerprint density at radius 3 is 2.27 bits per heavy atom. The number of carbonyl (C=O) groups excluding carboxylic acids is 1. The second-order valence-electron chi connectivity index (χ2n) is 6.62. The van der Waals surface area contributed by atoms with Crippen molar-refractivity contribution >= 4 is 11.6 Å². The fourth-order valence-electron chi connectivity index (χ4n) is 3.26. The first-order valence-corrected chi connectivity index (χ1v) is 8.91. The van der Waals surface area contributed by atoms with Crippen LogP contribution in [0, 0.1) is 6.92 Å². The van der Waals surface area contributed by atoms with Gasteiger partial charge in [-0.2, -0.15) is 0 Å². The quantitative estimate of drug-likeness (QED) is 0.732. The van der Waals surface area contributed by atoms with Crippen molar-refractivity contribution in [2.24, 2.45) is 0 Å². The molecule has 2 aromatic carbocycles. The standard InChI is InChI=1S/C21H22N4O/c1-17-7-9-19(10-8-17)25-15-20(22-16-25)21(26)24-13-11-23(12-14-24)18-5-3-2-4-6-18/h2-10,15-16H,11-14H2,1H3. The Balaban J connectivity index is 1.42. The van der Waals surface area contributed by atoms with Crippen molar-refractivity contribution in [2.45, 2.75) is 6.92 Å². The molecule has 1 amide bonds. The van der Waals surface area contributed by atoms with Crippen LogP contribution in [-0.2, 0) is 0 Å². The van der Waals surface area contributed by atoms with Crippen molar-refractivity contribution < 1.29 is 4.79 Å². The highest BCUT2D eigenvalue weighted by atomic mass is 16.2. The molecule has 1 aliphatic heterocycles. The first-order chi connectivity index (χ1) is 12.7.